The fourth-order valence-electron chi connectivity index (χ4n) is 3.13. The van der Waals surface area contributed by atoms with Gasteiger partial charge in [0.2, 0.25) is 0 Å². The second kappa shape index (κ2) is 4.59. The number of nitrogens with zero attached hydrogens (tertiary/aromatic N) is 2. The third-order valence-corrected chi connectivity index (χ3v) is 4.45. The van der Waals surface area contributed by atoms with Crippen LogP contribution in [0.5, 0.6) is 0 Å². The Bertz CT molecular complexity index is 380. The van der Waals surface area contributed by atoms with Crippen molar-refractivity contribution in [2.75, 3.05) is 0 Å². The smallest absolute Gasteiger partial charge is 0.0834 e. The lowest BCUT2D eigenvalue weighted by Gasteiger charge is -2.34. The van der Waals surface area contributed by atoms with Crippen LogP contribution in [0.1, 0.15) is 44.8 Å². The lowest BCUT2D eigenvalue weighted by atomic mass is 9.76. The molecule has 1 saturated carbocycles. The van der Waals surface area contributed by atoms with Crippen LogP contribution in [0.4, 0.5) is 0 Å². The zero-order chi connectivity index (χ0) is 12.6. The van der Waals surface area contributed by atoms with E-state index in [-0.39, 0.29) is 6.04 Å². The molecule has 4 nitrogen and oxygen atoms in total. The van der Waals surface area contributed by atoms with Crippen LogP contribution >= 0.6 is 11.6 Å². The maximum atomic E-state index is 6.21. The zero-order valence-corrected chi connectivity index (χ0v) is 11.5. The van der Waals surface area contributed by atoms with Crippen molar-refractivity contribution in [2.24, 2.45) is 24.2 Å². The van der Waals surface area contributed by atoms with Crippen LogP contribution in [0.2, 0.25) is 5.02 Å². The highest BCUT2D eigenvalue weighted by Crippen LogP contribution is 2.49. The summed E-state index contributed by atoms with van der Waals surface area (Å²) in [4.78, 5) is 0. The Morgan fingerprint density at radius 1 is 1.65 bits per heavy atom. The summed E-state index contributed by atoms with van der Waals surface area (Å²) in [7, 11) is 1.91. The first-order valence-corrected chi connectivity index (χ1v) is 6.48. The van der Waals surface area contributed by atoms with Crippen molar-refractivity contribution < 1.29 is 0 Å². The van der Waals surface area contributed by atoms with Gasteiger partial charge in [-0.25, -0.2) is 0 Å². The average Bonchev–Trinajstić information content (AvgIpc) is 2.76. The highest BCUT2D eigenvalue weighted by atomic mass is 35.5. The molecule has 0 bridgehead atoms. The highest BCUT2D eigenvalue weighted by molar-refractivity contribution is 6.31. The molecule has 2 unspecified atom stereocenters. The van der Waals surface area contributed by atoms with Crippen molar-refractivity contribution in [3.05, 3.63) is 16.9 Å². The number of rotatable bonds is 3. The highest BCUT2D eigenvalue weighted by Gasteiger charge is 2.41. The van der Waals surface area contributed by atoms with E-state index in [4.69, 9.17) is 17.4 Å². The Morgan fingerprint density at radius 2 is 2.35 bits per heavy atom. The number of nitrogens with one attached hydrogen (secondary N) is 1. The van der Waals surface area contributed by atoms with Crippen LogP contribution in [-0.4, -0.2) is 9.78 Å². The largest absolute Gasteiger partial charge is 0.271 e. The molecule has 1 aliphatic rings. The molecule has 0 saturated heterocycles. The Labute approximate surface area is 107 Å². The van der Waals surface area contributed by atoms with E-state index in [9.17, 15) is 0 Å². The fourth-order valence-corrected chi connectivity index (χ4v) is 3.41. The van der Waals surface area contributed by atoms with Crippen molar-refractivity contribution in [3.8, 4) is 0 Å². The number of aryl methyl sites for hydroxylation is 1. The van der Waals surface area contributed by atoms with Gasteiger partial charge in [0.05, 0.1) is 23.0 Å². The molecule has 0 aliphatic heterocycles. The van der Waals surface area contributed by atoms with Gasteiger partial charge in [-0.3, -0.25) is 16.0 Å². The molecular formula is C12H21ClN4. The Hall–Kier alpha value is -0.580. The van der Waals surface area contributed by atoms with Crippen LogP contribution in [0.3, 0.4) is 0 Å². The molecule has 1 aliphatic carbocycles. The second-order valence-electron chi connectivity index (χ2n) is 5.63. The van der Waals surface area contributed by atoms with Gasteiger partial charge in [0.1, 0.15) is 0 Å². The molecule has 2 rings (SSSR count). The van der Waals surface area contributed by atoms with Crippen molar-refractivity contribution in [2.45, 2.75) is 39.2 Å². The van der Waals surface area contributed by atoms with Crippen LogP contribution < -0.4 is 11.3 Å². The summed E-state index contributed by atoms with van der Waals surface area (Å²) in [6.45, 7) is 4.61. The quantitative estimate of drug-likeness (QED) is 0.645. The molecule has 1 heterocycles. The molecule has 96 valence electrons. The van der Waals surface area contributed by atoms with E-state index in [0.29, 0.717) is 16.4 Å². The predicted octanol–water partition coefficient (Wildman–Crippen LogP) is 2.40. The van der Waals surface area contributed by atoms with Crippen molar-refractivity contribution >= 4 is 11.6 Å². The van der Waals surface area contributed by atoms with Crippen LogP contribution in [-0.2, 0) is 7.05 Å². The van der Waals surface area contributed by atoms with Crippen molar-refractivity contribution in [1.29, 1.82) is 0 Å². The monoisotopic (exact) mass is 256 g/mol. The van der Waals surface area contributed by atoms with Crippen molar-refractivity contribution in [3.63, 3.8) is 0 Å². The molecule has 1 aromatic rings. The molecule has 0 radical (unpaired) electrons. The number of nitrogens with two attached hydrogens (primary N) is 1. The minimum Gasteiger partial charge on any atom is -0.271 e. The molecule has 5 heteroatoms. The van der Waals surface area contributed by atoms with E-state index in [0.717, 1.165) is 5.69 Å². The zero-order valence-electron chi connectivity index (χ0n) is 10.7. The molecule has 0 amide bonds. The summed E-state index contributed by atoms with van der Waals surface area (Å²) >= 11 is 6.21. The number of hydrazine groups is 1. The van der Waals surface area contributed by atoms with Crippen LogP contribution in [0.15, 0.2) is 6.20 Å². The fraction of sp³-hybridized carbons (Fsp3) is 0.750. The van der Waals surface area contributed by atoms with Gasteiger partial charge in [0, 0.05) is 7.05 Å². The minimum absolute atomic E-state index is 0.0764. The molecule has 0 spiro atoms. The summed E-state index contributed by atoms with van der Waals surface area (Å²) < 4.78 is 1.82. The lowest BCUT2D eigenvalue weighted by molar-refractivity contribution is 0.193. The van der Waals surface area contributed by atoms with Gasteiger partial charge in [-0.2, -0.15) is 5.10 Å². The normalized spacial score (nSPS) is 25.1. The molecule has 17 heavy (non-hydrogen) atoms. The predicted molar refractivity (Wildman–Crippen MR) is 69.4 cm³/mol. The summed E-state index contributed by atoms with van der Waals surface area (Å²) in [5.74, 6) is 6.25. The minimum atomic E-state index is 0.0764. The first-order chi connectivity index (χ1) is 7.97. The molecule has 1 aromatic heterocycles. The summed E-state index contributed by atoms with van der Waals surface area (Å²) in [6, 6.07) is 0.0764. The van der Waals surface area contributed by atoms with Gasteiger partial charge < -0.3 is 0 Å². The van der Waals surface area contributed by atoms with Crippen LogP contribution in [0.25, 0.3) is 0 Å². The first-order valence-electron chi connectivity index (χ1n) is 6.11. The molecule has 1 fully saturated rings. The van der Waals surface area contributed by atoms with E-state index in [1.54, 1.807) is 6.20 Å². The number of aromatic nitrogens is 2. The van der Waals surface area contributed by atoms with E-state index in [1.165, 1.54) is 19.3 Å². The summed E-state index contributed by atoms with van der Waals surface area (Å²) in [5.41, 5.74) is 4.23. The molecular weight excluding hydrogens is 236 g/mol. The number of hydrogen-bond donors (Lipinski definition) is 2. The average molecular weight is 257 g/mol. The van der Waals surface area contributed by atoms with Gasteiger partial charge in [-0.15, -0.1) is 0 Å². The maximum Gasteiger partial charge on any atom is 0.0834 e. The SMILES string of the molecule is Cn1ncc(Cl)c1C(NN)C1CCCC1(C)C. The first kappa shape index (κ1) is 12.9. The van der Waals surface area contributed by atoms with Gasteiger partial charge >= 0.3 is 0 Å². The molecule has 0 aromatic carbocycles. The van der Waals surface area contributed by atoms with Crippen LogP contribution in [0, 0.1) is 11.3 Å². The second-order valence-corrected chi connectivity index (χ2v) is 6.04. The van der Waals surface area contributed by atoms with Gasteiger partial charge in [-0.05, 0) is 24.2 Å². The third kappa shape index (κ3) is 2.21. The van der Waals surface area contributed by atoms with E-state index in [2.05, 4.69) is 24.4 Å². The molecule has 3 N–H and O–H groups in total. The van der Waals surface area contributed by atoms with Gasteiger partial charge in [0.25, 0.3) is 0 Å². The third-order valence-electron chi connectivity index (χ3n) is 4.15. The lowest BCUT2D eigenvalue weighted by Crippen LogP contribution is -2.39. The Kier molecular flexibility index (Phi) is 3.48. The Morgan fingerprint density at radius 3 is 2.76 bits per heavy atom. The standard InChI is InChI=1S/C12H21ClN4/c1-12(2)6-4-5-8(12)10(16-14)11-9(13)7-15-17(11)3/h7-8,10,16H,4-6,14H2,1-3H3. The summed E-state index contributed by atoms with van der Waals surface area (Å²) in [5, 5.41) is 4.89. The van der Waals surface area contributed by atoms with Crippen molar-refractivity contribution in [1.82, 2.24) is 15.2 Å². The van der Waals surface area contributed by atoms with Gasteiger partial charge in [0.15, 0.2) is 0 Å². The van der Waals surface area contributed by atoms with E-state index >= 15 is 0 Å². The summed E-state index contributed by atoms with van der Waals surface area (Å²) in [6.07, 6.45) is 5.36. The Balaban J connectivity index is 2.34. The topological polar surface area (TPSA) is 55.9 Å². The maximum absolute atomic E-state index is 6.21. The molecule has 2 atom stereocenters. The van der Waals surface area contributed by atoms with Gasteiger partial charge in [-0.1, -0.05) is 31.9 Å². The van der Waals surface area contributed by atoms with E-state index in [1.807, 2.05) is 11.7 Å². The van der Waals surface area contributed by atoms with E-state index < -0.39 is 0 Å². The number of halogens is 1. The number of hydrogen-bond acceptors (Lipinski definition) is 3.